The SMILES string of the molecule is O=C(NC(C(=O)O)C1CCC(F)CC1)OCc1ccccc1. The van der Waals surface area contributed by atoms with Gasteiger partial charge < -0.3 is 15.2 Å². The highest BCUT2D eigenvalue weighted by Gasteiger charge is 2.33. The maximum Gasteiger partial charge on any atom is 0.408 e. The van der Waals surface area contributed by atoms with Crippen molar-refractivity contribution in [2.24, 2.45) is 5.92 Å². The summed E-state index contributed by atoms with van der Waals surface area (Å²) in [4.78, 5) is 23.1. The van der Waals surface area contributed by atoms with Crippen LogP contribution in [0, 0.1) is 5.92 Å². The molecule has 0 aromatic heterocycles. The molecule has 2 rings (SSSR count). The normalized spacial score (nSPS) is 22.6. The summed E-state index contributed by atoms with van der Waals surface area (Å²) in [6.07, 6.45) is -0.0344. The molecule has 0 heterocycles. The molecule has 0 spiro atoms. The number of hydrogen-bond donors (Lipinski definition) is 2. The van der Waals surface area contributed by atoms with Crippen LogP contribution in [0.2, 0.25) is 0 Å². The Hall–Kier alpha value is -2.11. The molecule has 1 aromatic rings. The van der Waals surface area contributed by atoms with Gasteiger partial charge >= 0.3 is 12.1 Å². The van der Waals surface area contributed by atoms with E-state index >= 15 is 0 Å². The molecule has 1 unspecified atom stereocenters. The number of amides is 1. The first-order valence-corrected chi connectivity index (χ1v) is 7.40. The van der Waals surface area contributed by atoms with Gasteiger partial charge in [0.25, 0.3) is 0 Å². The van der Waals surface area contributed by atoms with Crippen LogP contribution in [0.1, 0.15) is 31.2 Å². The lowest BCUT2D eigenvalue weighted by atomic mass is 9.83. The molecular formula is C16H20FNO4. The predicted molar refractivity (Wildman–Crippen MR) is 78.0 cm³/mol. The number of carbonyl (C=O) groups excluding carboxylic acids is 1. The molecule has 2 N–H and O–H groups in total. The number of aliphatic carboxylic acids is 1. The summed E-state index contributed by atoms with van der Waals surface area (Å²) >= 11 is 0. The molecule has 1 aliphatic carbocycles. The third-order valence-electron chi connectivity index (χ3n) is 3.92. The van der Waals surface area contributed by atoms with Gasteiger partial charge in [0.15, 0.2) is 0 Å². The van der Waals surface area contributed by atoms with Gasteiger partial charge in [-0.3, -0.25) is 0 Å². The van der Waals surface area contributed by atoms with Gasteiger partial charge in [-0.05, 0) is 37.2 Å². The van der Waals surface area contributed by atoms with Crippen LogP contribution in [0.3, 0.4) is 0 Å². The zero-order valence-corrected chi connectivity index (χ0v) is 12.2. The van der Waals surface area contributed by atoms with E-state index < -0.39 is 24.3 Å². The number of carboxylic acid groups (broad SMARTS) is 1. The van der Waals surface area contributed by atoms with E-state index in [0.717, 1.165) is 5.56 Å². The molecule has 1 saturated carbocycles. The van der Waals surface area contributed by atoms with Crippen molar-refractivity contribution in [1.29, 1.82) is 0 Å². The number of alkyl carbamates (subject to hydrolysis) is 1. The third-order valence-corrected chi connectivity index (χ3v) is 3.92. The van der Waals surface area contributed by atoms with Crippen molar-refractivity contribution >= 4 is 12.1 Å². The molecule has 1 amide bonds. The summed E-state index contributed by atoms with van der Waals surface area (Å²) in [7, 11) is 0. The fraction of sp³-hybridized carbons (Fsp3) is 0.500. The maximum atomic E-state index is 13.1. The number of nitrogens with one attached hydrogen (secondary N) is 1. The summed E-state index contributed by atoms with van der Waals surface area (Å²) in [5.74, 6) is -1.37. The Kier molecular flexibility index (Phi) is 5.75. The van der Waals surface area contributed by atoms with Crippen LogP contribution < -0.4 is 5.32 Å². The molecule has 6 heteroatoms. The average Bonchev–Trinajstić information content (AvgIpc) is 2.52. The second-order valence-corrected chi connectivity index (χ2v) is 5.53. The zero-order chi connectivity index (χ0) is 15.9. The molecule has 0 aliphatic heterocycles. The van der Waals surface area contributed by atoms with Crippen LogP contribution in [-0.4, -0.2) is 29.4 Å². The highest BCUT2D eigenvalue weighted by molar-refractivity contribution is 5.80. The number of benzene rings is 1. The van der Waals surface area contributed by atoms with E-state index in [1.165, 1.54) is 0 Å². The average molecular weight is 309 g/mol. The smallest absolute Gasteiger partial charge is 0.408 e. The number of rotatable bonds is 5. The second kappa shape index (κ2) is 7.77. The van der Waals surface area contributed by atoms with Crippen LogP contribution in [0.25, 0.3) is 0 Å². The van der Waals surface area contributed by atoms with Crippen molar-refractivity contribution in [3.63, 3.8) is 0 Å². The molecule has 1 fully saturated rings. The van der Waals surface area contributed by atoms with Crippen LogP contribution in [0.5, 0.6) is 0 Å². The van der Waals surface area contributed by atoms with E-state index in [4.69, 9.17) is 4.74 Å². The lowest BCUT2D eigenvalue weighted by Crippen LogP contribution is -2.47. The lowest BCUT2D eigenvalue weighted by molar-refractivity contribution is -0.141. The van der Waals surface area contributed by atoms with Crippen molar-refractivity contribution in [3.05, 3.63) is 35.9 Å². The summed E-state index contributed by atoms with van der Waals surface area (Å²) in [5.41, 5.74) is 0.822. The first-order valence-electron chi connectivity index (χ1n) is 7.40. The minimum Gasteiger partial charge on any atom is -0.480 e. The quantitative estimate of drug-likeness (QED) is 0.877. The first-order chi connectivity index (χ1) is 10.6. The van der Waals surface area contributed by atoms with E-state index in [9.17, 15) is 19.1 Å². The Labute approximate surface area is 128 Å². The Bertz CT molecular complexity index is 500. The molecule has 0 radical (unpaired) electrons. The Morgan fingerprint density at radius 1 is 1.23 bits per heavy atom. The van der Waals surface area contributed by atoms with E-state index in [-0.39, 0.29) is 12.5 Å². The van der Waals surface area contributed by atoms with Gasteiger partial charge in [0, 0.05) is 0 Å². The number of ether oxygens (including phenoxy) is 1. The summed E-state index contributed by atoms with van der Waals surface area (Å²) < 4.78 is 18.2. The third kappa shape index (κ3) is 4.72. The summed E-state index contributed by atoms with van der Waals surface area (Å²) in [6.45, 7) is 0.0796. The van der Waals surface area contributed by atoms with Crippen molar-refractivity contribution in [2.75, 3.05) is 0 Å². The Morgan fingerprint density at radius 2 is 1.86 bits per heavy atom. The number of alkyl halides is 1. The van der Waals surface area contributed by atoms with Crippen LogP contribution >= 0.6 is 0 Å². The van der Waals surface area contributed by atoms with Crippen LogP contribution in [0.15, 0.2) is 30.3 Å². The van der Waals surface area contributed by atoms with Crippen molar-refractivity contribution in [1.82, 2.24) is 5.32 Å². The molecule has 1 aromatic carbocycles. The van der Waals surface area contributed by atoms with Crippen molar-refractivity contribution in [2.45, 2.75) is 44.5 Å². The number of carbonyl (C=O) groups is 2. The number of carboxylic acids is 1. The molecule has 1 atom stereocenters. The van der Waals surface area contributed by atoms with Crippen molar-refractivity contribution < 1.29 is 23.8 Å². The Morgan fingerprint density at radius 3 is 2.45 bits per heavy atom. The minimum atomic E-state index is -1.11. The zero-order valence-electron chi connectivity index (χ0n) is 12.2. The van der Waals surface area contributed by atoms with Gasteiger partial charge in [0.05, 0.1) is 0 Å². The lowest BCUT2D eigenvalue weighted by Gasteiger charge is -2.29. The largest absolute Gasteiger partial charge is 0.480 e. The molecule has 0 bridgehead atoms. The summed E-state index contributed by atoms with van der Waals surface area (Å²) in [5, 5.41) is 11.6. The summed E-state index contributed by atoms with van der Waals surface area (Å²) in [6, 6.07) is 8.09. The number of halogens is 1. The molecule has 22 heavy (non-hydrogen) atoms. The fourth-order valence-electron chi connectivity index (χ4n) is 2.68. The van der Waals surface area contributed by atoms with Crippen LogP contribution in [0.4, 0.5) is 9.18 Å². The predicted octanol–water partition coefficient (Wildman–Crippen LogP) is 2.89. The maximum absolute atomic E-state index is 13.1. The van der Waals surface area contributed by atoms with Gasteiger partial charge in [-0.25, -0.2) is 14.0 Å². The number of hydrogen-bond acceptors (Lipinski definition) is 3. The van der Waals surface area contributed by atoms with Gasteiger partial charge in [-0.1, -0.05) is 30.3 Å². The van der Waals surface area contributed by atoms with E-state index in [1.54, 1.807) is 0 Å². The molecule has 120 valence electrons. The van der Waals surface area contributed by atoms with Gasteiger partial charge in [0.2, 0.25) is 0 Å². The van der Waals surface area contributed by atoms with E-state index in [2.05, 4.69) is 5.32 Å². The fourth-order valence-corrected chi connectivity index (χ4v) is 2.68. The highest BCUT2D eigenvalue weighted by Crippen LogP contribution is 2.28. The monoisotopic (exact) mass is 309 g/mol. The highest BCUT2D eigenvalue weighted by atomic mass is 19.1. The molecule has 5 nitrogen and oxygen atoms in total. The van der Waals surface area contributed by atoms with Gasteiger partial charge in [-0.15, -0.1) is 0 Å². The molecule has 1 aliphatic rings. The molecule has 0 saturated heterocycles. The Balaban J connectivity index is 1.85. The molecular weight excluding hydrogens is 289 g/mol. The minimum absolute atomic E-state index is 0.0796. The topological polar surface area (TPSA) is 75.6 Å². The standard InChI is InChI=1S/C16H20FNO4/c17-13-8-6-12(7-9-13)14(15(19)20)18-16(21)22-10-11-4-2-1-3-5-11/h1-5,12-14H,6-10H2,(H,18,21)(H,19,20). The van der Waals surface area contributed by atoms with Crippen molar-refractivity contribution in [3.8, 4) is 0 Å². The first kappa shape index (κ1) is 16.3. The van der Waals surface area contributed by atoms with Gasteiger partial charge in [0.1, 0.15) is 18.8 Å². The van der Waals surface area contributed by atoms with Gasteiger partial charge in [-0.2, -0.15) is 0 Å². The van der Waals surface area contributed by atoms with Crippen LogP contribution in [-0.2, 0) is 16.1 Å². The second-order valence-electron chi connectivity index (χ2n) is 5.53. The van der Waals surface area contributed by atoms with E-state index in [1.807, 2.05) is 30.3 Å². The van der Waals surface area contributed by atoms with E-state index in [0.29, 0.717) is 25.7 Å².